The van der Waals surface area contributed by atoms with E-state index < -0.39 is 6.36 Å². The van der Waals surface area contributed by atoms with Gasteiger partial charge in [0.1, 0.15) is 0 Å². The van der Waals surface area contributed by atoms with E-state index in [1.165, 1.54) is 12.1 Å². The summed E-state index contributed by atoms with van der Waals surface area (Å²) in [5.41, 5.74) is 6.27. The van der Waals surface area contributed by atoms with Crippen LogP contribution in [0, 0.1) is 0 Å². The predicted octanol–water partition coefficient (Wildman–Crippen LogP) is 3.04. The molecule has 2 nitrogen and oxygen atoms in total. The molecule has 2 rings (SSSR count). The van der Waals surface area contributed by atoms with Crippen LogP contribution in [0.5, 0.6) is 5.75 Å². The summed E-state index contributed by atoms with van der Waals surface area (Å²) < 4.78 is 39.8. The molecular formula is C10H10F3NO. The number of hydrogen-bond donors (Lipinski definition) is 1. The van der Waals surface area contributed by atoms with Crippen molar-refractivity contribution in [2.75, 3.05) is 5.73 Å². The average molecular weight is 217 g/mol. The molecule has 2 N–H and O–H groups in total. The number of alkyl halides is 3. The topological polar surface area (TPSA) is 35.2 Å². The fourth-order valence-corrected chi connectivity index (χ4v) is 1.43. The summed E-state index contributed by atoms with van der Waals surface area (Å²) in [6.45, 7) is 0. The first-order valence-electron chi connectivity index (χ1n) is 4.61. The number of benzene rings is 1. The Kier molecular flexibility index (Phi) is 2.25. The van der Waals surface area contributed by atoms with Gasteiger partial charge in [-0.15, -0.1) is 13.2 Å². The van der Waals surface area contributed by atoms with Crippen LogP contribution in [-0.2, 0) is 0 Å². The number of anilines is 1. The molecule has 0 saturated heterocycles. The Bertz CT molecular complexity index is 371. The monoisotopic (exact) mass is 217 g/mol. The SMILES string of the molecule is Nc1ccc(C2CC2)cc1OC(F)(F)F. The normalized spacial score (nSPS) is 16.5. The molecule has 1 saturated carbocycles. The van der Waals surface area contributed by atoms with E-state index in [0.717, 1.165) is 18.4 Å². The van der Waals surface area contributed by atoms with Gasteiger partial charge in [-0.05, 0) is 36.5 Å². The summed E-state index contributed by atoms with van der Waals surface area (Å²) in [5, 5.41) is 0. The lowest BCUT2D eigenvalue weighted by atomic mass is 10.1. The summed E-state index contributed by atoms with van der Waals surface area (Å²) >= 11 is 0. The highest BCUT2D eigenvalue weighted by Gasteiger charge is 2.33. The zero-order valence-electron chi connectivity index (χ0n) is 7.84. The molecular weight excluding hydrogens is 207 g/mol. The van der Waals surface area contributed by atoms with E-state index in [4.69, 9.17) is 5.73 Å². The summed E-state index contributed by atoms with van der Waals surface area (Å²) in [6, 6.07) is 4.57. The minimum atomic E-state index is -4.68. The zero-order valence-corrected chi connectivity index (χ0v) is 7.84. The molecule has 0 heterocycles. The lowest BCUT2D eigenvalue weighted by Gasteiger charge is -2.12. The number of nitrogens with two attached hydrogens (primary N) is 1. The minimum absolute atomic E-state index is 0.0109. The van der Waals surface area contributed by atoms with E-state index in [0.29, 0.717) is 5.92 Å². The van der Waals surface area contributed by atoms with Gasteiger partial charge in [0.2, 0.25) is 0 Å². The van der Waals surface area contributed by atoms with Crippen LogP contribution < -0.4 is 10.5 Å². The Labute approximate surface area is 84.8 Å². The largest absolute Gasteiger partial charge is 0.573 e. The van der Waals surface area contributed by atoms with Crippen LogP contribution in [0.3, 0.4) is 0 Å². The van der Waals surface area contributed by atoms with Gasteiger partial charge in [-0.1, -0.05) is 6.07 Å². The van der Waals surface area contributed by atoms with Crippen LogP contribution in [0.2, 0.25) is 0 Å². The molecule has 0 aliphatic heterocycles. The fourth-order valence-electron chi connectivity index (χ4n) is 1.43. The van der Waals surface area contributed by atoms with E-state index in [-0.39, 0.29) is 11.4 Å². The molecule has 0 aromatic heterocycles. The highest BCUT2D eigenvalue weighted by atomic mass is 19.4. The van der Waals surface area contributed by atoms with E-state index >= 15 is 0 Å². The molecule has 0 unspecified atom stereocenters. The Morgan fingerprint density at radius 2 is 1.93 bits per heavy atom. The number of rotatable bonds is 2. The summed E-state index contributed by atoms with van der Waals surface area (Å²) in [4.78, 5) is 0. The van der Waals surface area contributed by atoms with Gasteiger partial charge in [0.05, 0.1) is 5.69 Å². The molecule has 0 amide bonds. The Morgan fingerprint density at radius 3 is 2.47 bits per heavy atom. The molecule has 15 heavy (non-hydrogen) atoms. The molecule has 0 atom stereocenters. The van der Waals surface area contributed by atoms with Gasteiger partial charge in [-0.2, -0.15) is 0 Å². The van der Waals surface area contributed by atoms with Gasteiger partial charge in [-0.25, -0.2) is 0 Å². The van der Waals surface area contributed by atoms with Gasteiger partial charge in [0, 0.05) is 0 Å². The molecule has 0 radical (unpaired) electrons. The predicted molar refractivity (Wildman–Crippen MR) is 49.5 cm³/mol. The van der Waals surface area contributed by atoms with Crippen molar-refractivity contribution >= 4 is 5.69 Å². The van der Waals surface area contributed by atoms with Crippen molar-refractivity contribution in [2.24, 2.45) is 0 Å². The highest BCUT2D eigenvalue weighted by Crippen LogP contribution is 2.42. The standard InChI is InChI=1S/C10H10F3NO/c11-10(12,13)15-9-5-7(6-1-2-6)3-4-8(9)14/h3-6H,1-2,14H2. The number of ether oxygens (including phenoxy) is 1. The molecule has 0 spiro atoms. The second-order valence-corrected chi connectivity index (χ2v) is 3.62. The Morgan fingerprint density at radius 1 is 1.27 bits per heavy atom. The van der Waals surface area contributed by atoms with E-state index in [9.17, 15) is 13.2 Å². The van der Waals surface area contributed by atoms with Crippen LogP contribution >= 0.6 is 0 Å². The van der Waals surface area contributed by atoms with Crippen LogP contribution in [0.4, 0.5) is 18.9 Å². The van der Waals surface area contributed by atoms with Crippen LogP contribution in [-0.4, -0.2) is 6.36 Å². The van der Waals surface area contributed by atoms with Crippen LogP contribution in [0.1, 0.15) is 24.3 Å². The van der Waals surface area contributed by atoms with Crippen molar-refractivity contribution in [3.63, 3.8) is 0 Å². The zero-order chi connectivity index (χ0) is 11.1. The molecule has 0 bridgehead atoms. The maximum absolute atomic E-state index is 12.0. The van der Waals surface area contributed by atoms with E-state index in [1.54, 1.807) is 6.07 Å². The molecule has 1 fully saturated rings. The third kappa shape index (κ3) is 2.55. The lowest BCUT2D eigenvalue weighted by Crippen LogP contribution is -2.18. The first kappa shape index (κ1) is 10.1. The van der Waals surface area contributed by atoms with Gasteiger partial charge in [0.25, 0.3) is 0 Å². The first-order valence-corrected chi connectivity index (χ1v) is 4.61. The summed E-state index contributed by atoms with van der Waals surface area (Å²) in [5.74, 6) is 0.0769. The Hall–Kier alpha value is -1.39. The number of hydrogen-bond acceptors (Lipinski definition) is 2. The second-order valence-electron chi connectivity index (χ2n) is 3.62. The fraction of sp³-hybridized carbons (Fsp3) is 0.400. The maximum atomic E-state index is 12.0. The Balaban J connectivity index is 2.24. The quantitative estimate of drug-likeness (QED) is 0.772. The number of nitrogen functional groups attached to an aromatic ring is 1. The van der Waals surface area contributed by atoms with Gasteiger partial charge < -0.3 is 10.5 Å². The van der Waals surface area contributed by atoms with E-state index in [2.05, 4.69) is 4.74 Å². The third-order valence-corrected chi connectivity index (χ3v) is 2.31. The van der Waals surface area contributed by atoms with Crippen molar-refractivity contribution in [1.29, 1.82) is 0 Å². The van der Waals surface area contributed by atoms with Crippen LogP contribution in [0.25, 0.3) is 0 Å². The van der Waals surface area contributed by atoms with Crippen molar-refractivity contribution < 1.29 is 17.9 Å². The molecule has 1 aromatic rings. The first-order chi connectivity index (χ1) is 6.96. The van der Waals surface area contributed by atoms with Gasteiger partial charge in [0.15, 0.2) is 5.75 Å². The minimum Gasteiger partial charge on any atom is -0.404 e. The van der Waals surface area contributed by atoms with E-state index in [1.807, 2.05) is 0 Å². The molecule has 1 aromatic carbocycles. The molecule has 1 aliphatic rings. The highest BCUT2D eigenvalue weighted by molar-refractivity contribution is 5.55. The summed E-state index contributed by atoms with van der Waals surface area (Å²) in [7, 11) is 0. The smallest absolute Gasteiger partial charge is 0.404 e. The van der Waals surface area contributed by atoms with Gasteiger partial charge in [-0.3, -0.25) is 0 Å². The van der Waals surface area contributed by atoms with Crippen molar-refractivity contribution in [3.8, 4) is 5.75 Å². The third-order valence-electron chi connectivity index (χ3n) is 2.31. The molecule has 82 valence electrons. The lowest BCUT2D eigenvalue weighted by molar-refractivity contribution is -0.274. The molecule has 1 aliphatic carbocycles. The second kappa shape index (κ2) is 3.32. The van der Waals surface area contributed by atoms with Crippen molar-refractivity contribution in [1.82, 2.24) is 0 Å². The number of halogens is 3. The average Bonchev–Trinajstić information content (AvgIpc) is 2.89. The maximum Gasteiger partial charge on any atom is 0.573 e. The van der Waals surface area contributed by atoms with Gasteiger partial charge >= 0.3 is 6.36 Å². The summed E-state index contributed by atoms with van der Waals surface area (Å²) in [6.07, 6.45) is -2.64. The van der Waals surface area contributed by atoms with Crippen molar-refractivity contribution in [2.45, 2.75) is 25.1 Å². The van der Waals surface area contributed by atoms with Crippen LogP contribution in [0.15, 0.2) is 18.2 Å². The molecule has 5 heteroatoms. The van der Waals surface area contributed by atoms with Crippen molar-refractivity contribution in [3.05, 3.63) is 23.8 Å².